The van der Waals surface area contributed by atoms with Gasteiger partial charge < -0.3 is 4.84 Å². The van der Waals surface area contributed by atoms with Crippen LogP contribution in [-0.2, 0) is 4.84 Å². The Kier molecular flexibility index (Phi) is 3.50. The normalized spacial score (nSPS) is 29.7. The molecule has 0 N–H and O–H groups in total. The minimum Gasteiger partial charge on any atom is -0.313 e. The standard InChI is InChI=1S/C17H20N2O4/c1-16(2)12-8-9-17(16,3)14(10-12)18-23-15(20)11-4-6-13(7-5-11)19(21)22/h4-7,12H,8-10H2,1-3H3/b18-14+. The zero-order valence-corrected chi connectivity index (χ0v) is 13.5. The van der Waals surface area contributed by atoms with E-state index in [2.05, 4.69) is 25.9 Å². The van der Waals surface area contributed by atoms with Crippen molar-refractivity contribution in [3.8, 4) is 0 Å². The zero-order chi connectivity index (χ0) is 16.8. The fraction of sp³-hybridized carbons (Fsp3) is 0.529. The minimum absolute atomic E-state index is 0.0204. The largest absolute Gasteiger partial charge is 0.365 e. The number of hydrogen-bond donors (Lipinski definition) is 0. The average Bonchev–Trinajstić information content (AvgIpc) is 2.85. The molecule has 0 aliphatic heterocycles. The number of fused-ring (bicyclic) bond motifs is 2. The van der Waals surface area contributed by atoms with Gasteiger partial charge in [0.25, 0.3) is 5.69 Å². The second-order valence-electron chi connectivity index (χ2n) is 7.21. The van der Waals surface area contributed by atoms with Crippen LogP contribution in [0.2, 0.25) is 0 Å². The van der Waals surface area contributed by atoms with Gasteiger partial charge in [-0.05, 0) is 42.7 Å². The van der Waals surface area contributed by atoms with Crippen LogP contribution in [0.3, 0.4) is 0 Å². The van der Waals surface area contributed by atoms with E-state index in [4.69, 9.17) is 4.84 Å². The van der Waals surface area contributed by atoms with Crippen LogP contribution in [0.5, 0.6) is 0 Å². The number of oxime groups is 1. The first-order chi connectivity index (χ1) is 10.8. The third-order valence-corrected chi connectivity index (χ3v) is 6.06. The van der Waals surface area contributed by atoms with Crippen LogP contribution in [0.15, 0.2) is 29.4 Å². The first-order valence-corrected chi connectivity index (χ1v) is 7.79. The summed E-state index contributed by atoms with van der Waals surface area (Å²) in [5, 5.41) is 14.8. The Morgan fingerprint density at radius 2 is 1.96 bits per heavy atom. The predicted molar refractivity (Wildman–Crippen MR) is 85.2 cm³/mol. The summed E-state index contributed by atoms with van der Waals surface area (Å²) in [6.07, 6.45) is 3.13. The molecule has 0 amide bonds. The van der Waals surface area contributed by atoms with Crippen molar-refractivity contribution in [3.05, 3.63) is 39.9 Å². The molecule has 2 bridgehead atoms. The lowest BCUT2D eigenvalue weighted by Gasteiger charge is -2.34. The molecule has 0 saturated heterocycles. The van der Waals surface area contributed by atoms with Crippen LogP contribution in [0.1, 0.15) is 50.4 Å². The van der Waals surface area contributed by atoms with E-state index in [1.54, 1.807) is 0 Å². The molecule has 0 heterocycles. The van der Waals surface area contributed by atoms with Crippen molar-refractivity contribution >= 4 is 17.4 Å². The predicted octanol–water partition coefficient (Wildman–Crippen LogP) is 3.95. The Hall–Kier alpha value is -2.24. The van der Waals surface area contributed by atoms with Gasteiger partial charge in [-0.25, -0.2) is 4.79 Å². The molecular weight excluding hydrogens is 296 g/mol. The number of nitro benzene ring substituents is 1. The summed E-state index contributed by atoms with van der Waals surface area (Å²) < 4.78 is 0. The summed E-state index contributed by atoms with van der Waals surface area (Å²) in [5.74, 6) is 0.000837. The number of nitro groups is 1. The summed E-state index contributed by atoms with van der Waals surface area (Å²) in [6, 6.07) is 5.33. The molecule has 0 radical (unpaired) electrons. The molecule has 0 aromatic heterocycles. The van der Waals surface area contributed by atoms with Crippen molar-refractivity contribution in [2.45, 2.75) is 40.0 Å². The molecule has 1 aromatic rings. The maximum atomic E-state index is 12.1. The first kappa shape index (κ1) is 15.6. The van der Waals surface area contributed by atoms with E-state index in [1.807, 2.05) is 0 Å². The van der Waals surface area contributed by atoms with Gasteiger partial charge >= 0.3 is 5.97 Å². The Morgan fingerprint density at radius 1 is 1.30 bits per heavy atom. The van der Waals surface area contributed by atoms with Crippen LogP contribution in [-0.4, -0.2) is 16.6 Å². The van der Waals surface area contributed by atoms with Gasteiger partial charge in [-0.1, -0.05) is 25.9 Å². The molecular formula is C17H20N2O4. The van der Waals surface area contributed by atoms with Crippen molar-refractivity contribution in [1.29, 1.82) is 0 Å². The first-order valence-electron chi connectivity index (χ1n) is 7.79. The quantitative estimate of drug-likeness (QED) is 0.480. The molecule has 1 aromatic carbocycles. The van der Waals surface area contributed by atoms with Crippen LogP contribution in [0, 0.1) is 26.9 Å². The highest BCUT2D eigenvalue weighted by molar-refractivity contribution is 5.95. The van der Waals surface area contributed by atoms with Crippen LogP contribution >= 0.6 is 0 Å². The molecule has 6 heteroatoms. The van der Waals surface area contributed by atoms with E-state index < -0.39 is 10.9 Å². The van der Waals surface area contributed by atoms with E-state index in [0.717, 1.165) is 18.6 Å². The van der Waals surface area contributed by atoms with Crippen molar-refractivity contribution in [3.63, 3.8) is 0 Å². The Balaban J connectivity index is 1.73. The lowest BCUT2D eigenvalue weighted by Crippen LogP contribution is -2.32. The summed E-state index contributed by atoms with van der Waals surface area (Å²) in [5.41, 5.74) is 1.30. The number of benzene rings is 1. The van der Waals surface area contributed by atoms with E-state index in [0.29, 0.717) is 5.92 Å². The number of carbonyl (C=O) groups is 1. The summed E-state index contributed by atoms with van der Waals surface area (Å²) in [4.78, 5) is 27.3. The Labute approximate surface area is 134 Å². The molecule has 2 aliphatic rings. The molecule has 0 spiro atoms. The summed E-state index contributed by atoms with van der Waals surface area (Å²) >= 11 is 0. The van der Waals surface area contributed by atoms with Crippen molar-refractivity contribution in [2.75, 3.05) is 0 Å². The minimum atomic E-state index is -0.587. The maximum absolute atomic E-state index is 12.1. The molecule has 6 nitrogen and oxygen atoms in total. The molecule has 2 atom stereocenters. The van der Waals surface area contributed by atoms with Crippen LogP contribution in [0.4, 0.5) is 5.69 Å². The third-order valence-electron chi connectivity index (χ3n) is 6.06. The molecule has 23 heavy (non-hydrogen) atoms. The molecule has 3 rings (SSSR count). The Bertz CT molecular complexity index is 693. The topological polar surface area (TPSA) is 81.8 Å². The number of non-ortho nitro benzene ring substituents is 1. The third kappa shape index (κ3) is 2.33. The fourth-order valence-electron chi connectivity index (χ4n) is 3.93. The van der Waals surface area contributed by atoms with Crippen molar-refractivity contribution in [2.24, 2.45) is 21.9 Å². The van der Waals surface area contributed by atoms with Gasteiger partial charge in [-0.3, -0.25) is 10.1 Å². The van der Waals surface area contributed by atoms with Crippen LogP contribution in [0.25, 0.3) is 0 Å². The van der Waals surface area contributed by atoms with Crippen molar-refractivity contribution in [1.82, 2.24) is 0 Å². The molecule has 2 fully saturated rings. The lowest BCUT2D eigenvalue weighted by molar-refractivity contribution is -0.384. The van der Waals surface area contributed by atoms with Gasteiger partial charge in [0.15, 0.2) is 0 Å². The van der Waals surface area contributed by atoms with Crippen molar-refractivity contribution < 1.29 is 14.6 Å². The number of hydrogen-bond acceptors (Lipinski definition) is 5. The van der Waals surface area contributed by atoms with E-state index in [9.17, 15) is 14.9 Å². The SMILES string of the molecule is CC12CCC(C/C1=N\OC(=O)c1ccc([N+](=O)[O-])cc1)C2(C)C. The smallest absolute Gasteiger partial charge is 0.313 e. The second kappa shape index (κ2) is 5.15. The fourth-order valence-corrected chi connectivity index (χ4v) is 3.93. The molecule has 122 valence electrons. The molecule has 2 saturated carbocycles. The highest BCUT2D eigenvalue weighted by Gasteiger charge is 2.60. The highest BCUT2D eigenvalue weighted by atomic mass is 16.7. The van der Waals surface area contributed by atoms with E-state index >= 15 is 0 Å². The molecule has 2 aliphatic carbocycles. The number of rotatable bonds is 3. The van der Waals surface area contributed by atoms with E-state index in [-0.39, 0.29) is 22.1 Å². The van der Waals surface area contributed by atoms with Crippen LogP contribution < -0.4 is 0 Å². The lowest BCUT2D eigenvalue weighted by atomic mass is 9.70. The highest BCUT2D eigenvalue weighted by Crippen LogP contribution is 2.63. The van der Waals surface area contributed by atoms with Gasteiger partial charge in [0, 0.05) is 17.5 Å². The van der Waals surface area contributed by atoms with Gasteiger partial charge in [-0.15, -0.1) is 0 Å². The zero-order valence-electron chi connectivity index (χ0n) is 13.5. The Morgan fingerprint density at radius 3 is 2.43 bits per heavy atom. The number of carbonyl (C=O) groups excluding carboxylic acids is 1. The molecule has 2 unspecified atom stereocenters. The average molecular weight is 316 g/mol. The van der Waals surface area contributed by atoms with Gasteiger partial charge in [0.2, 0.25) is 0 Å². The van der Waals surface area contributed by atoms with E-state index in [1.165, 1.54) is 30.7 Å². The number of nitrogens with zero attached hydrogens (tertiary/aromatic N) is 2. The monoisotopic (exact) mass is 316 g/mol. The maximum Gasteiger partial charge on any atom is 0.365 e. The summed E-state index contributed by atoms with van der Waals surface area (Å²) in [6.45, 7) is 6.70. The van der Waals surface area contributed by atoms with Gasteiger partial charge in [-0.2, -0.15) is 0 Å². The summed E-state index contributed by atoms with van der Waals surface area (Å²) in [7, 11) is 0. The second-order valence-corrected chi connectivity index (χ2v) is 7.21. The van der Waals surface area contributed by atoms with Gasteiger partial charge in [0.05, 0.1) is 16.2 Å². The van der Waals surface area contributed by atoms with Gasteiger partial charge in [0.1, 0.15) is 0 Å².